The van der Waals surface area contributed by atoms with Gasteiger partial charge in [0.2, 0.25) is 0 Å². The standard InChI is InChI=1S/C17H19N3O3S/c1-22-14(21)8-4-10-20-16(13-7-5-11-23-13)15(19-17(20)24)12-6-2-3-9-18-12/h2-3,5-7,9,11,15-16H,4,8,10H2,1H3,(H,19,24). The SMILES string of the molecule is COC(=O)CCCN1C(=S)NC(c2ccccn2)C1c1ccco1. The largest absolute Gasteiger partial charge is 0.469 e. The summed E-state index contributed by atoms with van der Waals surface area (Å²) in [6, 6.07) is 9.40. The van der Waals surface area contributed by atoms with Crippen molar-refractivity contribution in [3.8, 4) is 0 Å². The van der Waals surface area contributed by atoms with E-state index in [1.54, 1.807) is 12.5 Å². The lowest BCUT2D eigenvalue weighted by atomic mass is 10.0. The van der Waals surface area contributed by atoms with Crippen LogP contribution in [0.25, 0.3) is 0 Å². The van der Waals surface area contributed by atoms with Gasteiger partial charge in [-0.25, -0.2) is 0 Å². The van der Waals surface area contributed by atoms with E-state index in [1.807, 2.05) is 30.3 Å². The van der Waals surface area contributed by atoms with Crippen LogP contribution in [0.4, 0.5) is 0 Å². The third-order valence-electron chi connectivity index (χ3n) is 4.04. The van der Waals surface area contributed by atoms with E-state index in [0.717, 1.165) is 11.5 Å². The molecule has 0 aliphatic carbocycles. The van der Waals surface area contributed by atoms with E-state index in [-0.39, 0.29) is 18.1 Å². The van der Waals surface area contributed by atoms with Gasteiger partial charge in [0, 0.05) is 19.2 Å². The van der Waals surface area contributed by atoms with Gasteiger partial charge in [-0.3, -0.25) is 9.78 Å². The van der Waals surface area contributed by atoms with Crippen molar-refractivity contribution in [3.63, 3.8) is 0 Å². The zero-order chi connectivity index (χ0) is 16.9. The van der Waals surface area contributed by atoms with E-state index in [2.05, 4.69) is 15.2 Å². The van der Waals surface area contributed by atoms with Crippen molar-refractivity contribution in [2.24, 2.45) is 0 Å². The van der Waals surface area contributed by atoms with Crippen LogP contribution in [0.1, 0.15) is 36.4 Å². The number of pyridine rings is 1. The molecular formula is C17H19N3O3S. The highest BCUT2D eigenvalue weighted by Gasteiger charge is 2.41. The van der Waals surface area contributed by atoms with Crippen LogP contribution in [0.3, 0.4) is 0 Å². The lowest BCUT2D eigenvalue weighted by molar-refractivity contribution is -0.140. The summed E-state index contributed by atoms with van der Waals surface area (Å²) >= 11 is 5.51. The van der Waals surface area contributed by atoms with Crippen LogP contribution < -0.4 is 5.32 Å². The van der Waals surface area contributed by atoms with Crippen LogP contribution in [-0.2, 0) is 9.53 Å². The predicted molar refractivity (Wildman–Crippen MR) is 92.1 cm³/mol. The Morgan fingerprint density at radius 1 is 1.42 bits per heavy atom. The molecule has 6 nitrogen and oxygen atoms in total. The minimum Gasteiger partial charge on any atom is -0.469 e. The number of carbonyl (C=O) groups excluding carboxylic acids is 1. The molecule has 2 aromatic heterocycles. The first-order valence-corrected chi connectivity index (χ1v) is 8.20. The van der Waals surface area contributed by atoms with E-state index in [4.69, 9.17) is 21.4 Å². The van der Waals surface area contributed by atoms with Gasteiger partial charge in [0.1, 0.15) is 11.8 Å². The molecule has 1 saturated heterocycles. The summed E-state index contributed by atoms with van der Waals surface area (Å²) in [5, 5.41) is 3.97. The van der Waals surface area contributed by atoms with Gasteiger partial charge in [0.25, 0.3) is 0 Å². The number of hydrogen-bond acceptors (Lipinski definition) is 5. The first kappa shape index (κ1) is 16.4. The van der Waals surface area contributed by atoms with Gasteiger partial charge < -0.3 is 19.4 Å². The number of esters is 1. The number of hydrogen-bond donors (Lipinski definition) is 1. The molecule has 0 bridgehead atoms. The van der Waals surface area contributed by atoms with Crippen LogP contribution in [-0.4, -0.2) is 34.6 Å². The molecule has 1 N–H and O–H groups in total. The molecule has 3 rings (SSSR count). The Labute approximate surface area is 145 Å². The molecule has 2 atom stereocenters. The summed E-state index contributed by atoms with van der Waals surface area (Å²) in [7, 11) is 1.40. The van der Waals surface area contributed by atoms with Crippen LogP contribution in [0.2, 0.25) is 0 Å². The third-order valence-corrected chi connectivity index (χ3v) is 4.39. The average Bonchev–Trinajstić information content (AvgIpc) is 3.24. The smallest absolute Gasteiger partial charge is 0.305 e. The molecule has 24 heavy (non-hydrogen) atoms. The molecule has 7 heteroatoms. The molecule has 1 aliphatic heterocycles. The monoisotopic (exact) mass is 345 g/mol. The molecule has 0 amide bonds. The molecule has 0 spiro atoms. The van der Waals surface area contributed by atoms with Crippen LogP contribution in [0.15, 0.2) is 47.2 Å². The molecule has 126 valence electrons. The maximum absolute atomic E-state index is 11.3. The molecular weight excluding hydrogens is 326 g/mol. The number of rotatable bonds is 6. The molecule has 2 aromatic rings. The third kappa shape index (κ3) is 3.41. The normalized spacial score (nSPS) is 20.0. The Hall–Kier alpha value is -2.41. The lowest BCUT2D eigenvalue weighted by Crippen LogP contribution is -2.30. The first-order chi connectivity index (χ1) is 11.7. The van der Waals surface area contributed by atoms with Gasteiger partial charge >= 0.3 is 5.97 Å². The molecule has 0 saturated carbocycles. The topological polar surface area (TPSA) is 67.6 Å². The van der Waals surface area contributed by atoms with E-state index >= 15 is 0 Å². The predicted octanol–water partition coefficient (Wildman–Crippen LogP) is 2.60. The summed E-state index contributed by atoms with van der Waals surface area (Å²) in [6.45, 7) is 0.635. The molecule has 2 unspecified atom stereocenters. The summed E-state index contributed by atoms with van der Waals surface area (Å²) in [5.74, 6) is 0.597. The quantitative estimate of drug-likeness (QED) is 0.637. The minimum atomic E-state index is -0.219. The van der Waals surface area contributed by atoms with Gasteiger partial charge in [-0.2, -0.15) is 0 Å². The highest BCUT2D eigenvalue weighted by atomic mass is 32.1. The molecule has 1 fully saturated rings. The van der Waals surface area contributed by atoms with E-state index in [0.29, 0.717) is 24.5 Å². The number of thiocarbonyl (C=S) groups is 1. The summed E-state index contributed by atoms with van der Waals surface area (Å²) in [4.78, 5) is 17.8. The van der Waals surface area contributed by atoms with Gasteiger partial charge in [-0.05, 0) is 42.9 Å². The fourth-order valence-electron chi connectivity index (χ4n) is 2.91. The number of methoxy groups -OCH3 is 1. The van der Waals surface area contributed by atoms with E-state index in [1.165, 1.54) is 7.11 Å². The van der Waals surface area contributed by atoms with Crippen LogP contribution in [0, 0.1) is 0 Å². The average molecular weight is 345 g/mol. The van der Waals surface area contributed by atoms with Gasteiger partial charge in [-0.15, -0.1) is 0 Å². The molecule has 1 aliphatic rings. The zero-order valence-corrected chi connectivity index (χ0v) is 14.2. The summed E-state index contributed by atoms with van der Waals surface area (Å²) < 4.78 is 10.3. The Morgan fingerprint density at radius 3 is 2.96 bits per heavy atom. The van der Waals surface area contributed by atoms with Gasteiger partial charge in [0.05, 0.1) is 25.1 Å². The Kier molecular flexibility index (Phi) is 5.10. The van der Waals surface area contributed by atoms with E-state index in [9.17, 15) is 4.79 Å². The van der Waals surface area contributed by atoms with Gasteiger partial charge in [0.15, 0.2) is 5.11 Å². The highest BCUT2D eigenvalue weighted by molar-refractivity contribution is 7.80. The Morgan fingerprint density at radius 2 is 2.29 bits per heavy atom. The first-order valence-electron chi connectivity index (χ1n) is 7.79. The number of nitrogens with one attached hydrogen (secondary N) is 1. The summed E-state index contributed by atoms with van der Waals surface area (Å²) in [5.41, 5.74) is 0.900. The maximum atomic E-state index is 11.3. The van der Waals surface area contributed by atoms with Crippen molar-refractivity contribution in [3.05, 3.63) is 54.2 Å². The minimum absolute atomic E-state index is 0.0945. The van der Waals surface area contributed by atoms with Gasteiger partial charge in [-0.1, -0.05) is 6.07 Å². The number of aromatic nitrogens is 1. The molecule has 0 radical (unpaired) electrons. The molecule has 0 aromatic carbocycles. The van der Waals surface area contributed by atoms with E-state index < -0.39 is 0 Å². The number of ether oxygens (including phenoxy) is 1. The van der Waals surface area contributed by atoms with Crippen molar-refractivity contribution in [1.82, 2.24) is 15.2 Å². The van der Waals surface area contributed by atoms with Crippen molar-refractivity contribution in [2.75, 3.05) is 13.7 Å². The number of nitrogens with zero attached hydrogens (tertiary/aromatic N) is 2. The van der Waals surface area contributed by atoms with Crippen LogP contribution >= 0.6 is 12.2 Å². The van der Waals surface area contributed by atoms with Crippen LogP contribution in [0.5, 0.6) is 0 Å². The van der Waals surface area contributed by atoms with Crippen molar-refractivity contribution in [1.29, 1.82) is 0 Å². The summed E-state index contributed by atoms with van der Waals surface area (Å²) in [6.07, 6.45) is 4.42. The second-order valence-electron chi connectivity index (χ2n) is 5.52. The second-order valence-corrected chi connectivity index (χ2v) is 5.90. The highest BCUT2D eigenvalue weighted by Crippen LogP contribution is 2.38. The van der Waals surface area contributed by atoms with Crippen molar-refractivity contribution in [2.45, 2.75) is 24.9 Å². The maximum Gasteiger partial charge on any atom is 0.305 e. The number of carbonyl (C=O) groups is 1. The number of furan rings is 1. The fourth-order valence-corrected chi connectivity index (χ4v) is 3.24. The lowest BCUT2D eigenvalue weighted by Gasteiger charge is -2.25. The molecule has 3 heterocycles. The Bertz CT molecular complexity index is 690. The fraction of sp³-hybridized carbons (Fsp3) is 0.353. The van der Waals surface area contributed by atoms with Crippen molar-refractivity contribution >= 4 is 23.3 Å². The Balaban J connectivity index is 1.81. The zero-order valence-electron chi connectivity index (χ0n) is 13.3. The second kappa shape index (κ2) is 7.44. The van der Waals surface area contributed by atoms with Crippen molar-refractivity contribution < 1.29 is 13.9 Å².